The molecule has 2 aromatic carbocycles. The van der Waals surface area contributed by atoms with Gasteiger partial charge in [0.15, 0.2) is 0 Å². The van der Waals surface area contributed by atoms with E-state index in [1.807, 2.05) is 36.6 Å². The number of benzene rings is 2. The predicted octanol–water partition coefficient (Wildman–Crippen LogP) is 4.87. The van der Waals surface area contributed by atoms with Gasteiger partial charge in [0.2, 0.25) is 0 Å². The van der Waals surface area contributed by atoms with Crippen molar-refractivity contribution >= 4 is 28.8 Å². The van der Waals surface area contributed by atoms with Crippen molar-refractivity contribution in [2.75, 3.05) is 0 Å². The zero-order valence-corrected chi connectivity index (χ0v) is 15.2. The number of ether oxygens (including phenoxy) is 1. The van der Waals surface area contributed by atoms with Gasteiger partial charge in [-0.05, 0) is 48.9 Å². The molecule has 1 N–H and O–H groups in total. The Morgan fingerprint density at radius 1 is 1.28 bits per heavy atom. The van der Waals surface area contributed by atoms with Crippen LogP contribution in [0.15, 0.2) is 59.4 Å². The Kier molecular flexibility index (Phi) is 5.68. The lowest BCUT2D eigenvalue weighted by atomic mass is 10.1. The van der Waals surface area contributed by atoms with Crippen LogP contribution in [0.5, 0.6) is 5.75 Å². The standard InChI is InChI=1S/C19H17ClN2O2S/c1-13(15-3-2-4-16(20)9-15)22-19(23)14-5-7-18(8-6-14)24-10-17-11-25-12-21-17/h2-9,11-13H,10H2,1H3,(H,22,23). The maximum absolute atomic E-state index is 12.4. The quantitative estimate of drug-likeness (QED) is 0.671. The second-order valence-corrected chi connectivity index (χ2v) is 6.70. The molecule has 1 atom stereocenters. The number of aromatic nitrogens is 1. The first-order valence-corrected chi connectivity index (χ1v) is 9.10. The van der Waals surface area contributed by atoms with E-state index in [0.29, 0.717) is 22.9 Å². The molecule has 1 aromatic heterocycles. The predicted molar refractivity (Wildman–Crippen MR) is 100 cm³/mol. The zero-order chi connectivity index (χ0) is 17.6. The van der Waals surface area contributed by atoms with Gasteiger partial charge in [0.05, 0.1) is 17.2 Å². The van der Waals surface area contributed by atoms with E-state index in [0.717, 1.165) is 11.3 Å². The van der Waals surface area contributed by atoms with Crippen molar-refractivity contribution in [2.24, 2.45) is 0 Å². The minimum atomic E-state index is -0.140. The second-order valence-electron chi connectivity index (χ2n) is 5.54. The summed E-state index contributed by atoms with van der Waals surface area (Å²) in [5, 5.41) is 5.56. The molecule has 1 unspecified atom stereocenters. The van der Waals surface area contributed by atoms with Gasteiger partial charge >= 0.3 is 0 Å². The SMILES string of the molecule is CC(NC(=O)c1ccc(OCc2cscn2)cc1)c1cccc(Cl)c1. The van der Waals surface area contributed by atoms with E-state index in [-0.39, 0.29) is 11.9 Å². The number of rotatable bonds is 6. The van der Waals surface area contributed by atoms with Gasteiger partial charge in [-0.15, -0.1) is 11.3 Å². The van der Waals surface area contributed by atoms with Crippen molar-refractivity contribution in [1.29, 1.82) is 0 Å². The van der Waals surface area contributed by atoms with Crippen LogP contribution >= 0.6 is 22.9 Å². The molecule has 1 heterocycles. The molecular weight excluding hydrogens is 356 g/mol. The molecule has 0 spiro atoms. The third kappa shape index (κ3) is 4.81. The summed E-state index contributed by atoms with van der Waals surface area (Å²) in [6.07, 6.45) is 0. The van der Waals surface area contributed by atoms with Gasteiger partial charge in [0.1, 0.15) is 12.4 Å². The highest BCUT2D eigenvalue weighted by Crippen LogP contribution is 2.19. The van der Waals surface area contributed by atoms with Crippen LogP contribution in [0.1, 0.15) is 34.6 Å². The summed E-state index contributed by atoms with van der Waals surface area (Å²) in [4.78, 5) is 16.5. The first-order chi connectivity index (χ1) is 12.1. The van der Waals surface area contributed by atoms with Crippen molar-refractivity contribution in [3.8, 4) is 5.75 Å². The minimum Gasteiger partial charge on any atom is -0.487 e. The van der Waals surface area contributed by atoms with Crippen LogP contribution in [0, 0.1) is 0 Å². The van der Waals surface area contributed by atoms with E-state index >= 15 is 0 Å². The molecule has 4 nitrogen and oxygen atoms in total. The normalized spacial score (nSPS) is 11.8. The molecule has 0 radical (unpaired) electrons. The first-order valence-electron chi connectivity index (χ1n) is 7.78. The molecule has 0 saturated heterocycles. The molecule has 25 heavy (non-hydrogen) atoms. The molecular formula is C19H17ClN2O2S. The number of amides is 1. The van der Waals surface area contributed by atoms with Crippen LogP contribution < -0.4 is 10.1 Å². The molecule has 128 valence electrons. The third-order valence-electron chi connectivity index (χ3n) is 3.68. The molecule has 0 aliphatic carbocycles. The minimum absolute atomic E-state index is 0.133. The van der Waals surface area contributed by atoms with Crippen molar-refractivity contribution in [3.05, 3.63) is 81.3 Å². The Hall–Kier alpha value is -2.37. The zero-order valence-electron chi connectivity index (χ0n) is 13.6. The summed E-state index contributed by atoms with van der Waals surface area (Å²) >= 11 is 7.53. The highest BCUT2D eigenvalue weighted by molar-refractivity contribution is 7.07. The maximum atomic E-state index is 12.4. The lowest BCUT2D eigenvalue weighted by molar-refractivity contribution is 0.0940. The Morgan fingerprint density at radius 2 is 2.08 bits per heavy atom. The number of carbonyl (C=O) groups is 1. The molecule has 0 saturated carbocycles. The Bertz CT molecular complexity index is 835. The molecule has 0 bridgehead atoms. The number of hydrogen-bond donors (Lipinski definition) is 1. The van der Waals surface area contributed by atoms with Crippen LogP contribution in [0.3, 0.4) is 0 Å². The highest BCUT2D eigenvalue weighted by atomic mass is 35.5. The van der Waals surface area contributed by atoms with Crippen molar-refractivity contribution in [2.45, 2.75) is 19.6 Å². The Labute approximate surface area is 155 Å². The van der Waals surface area contributed by atoms with Crippen molar-refractivity contribution in [3.63, 3.8) is 0 Å². The fraction of sp³-hybridized carbons (Fsp3) is 0.158. The summed E-state index contributed by atoms with van der Waals surface area (Å²) in [7, 11) is 0. The van der Waals surface area contributed by atoms with Gasteiger partial charge < -0.3 is 10.1 Å². The molecule has 1 amide bonds. The summed E-state index contributed by atoms with van der Waals surface area (Å²) in [5.74, 6) is 0.561. The number of nitrogens with zero attached hydrogens (tertiary/aromatic N) is 1. The molecule has 0 fully saturated rings. The summed E-state index contributed by atoms with van der Waals surface area (Å²) in [6.45, 7) is 2.34. The molecule has 0 aliphatic heterocycles. The fourth-order valence-corrected chi connectivity index (χ4v) is 3.05. The average Bonchev–Trinajstić information content (AvgIpc) is 3.14. The number of hydrogen-bond acceptors (Lipinski definition) is 4. The Morgan fingerprint density at radius 3 is 2.76 bits per heavy atom. The maximum Gasteiger partial charge on any atom is 0.251 e. The van der Waals surface area contributed by atoms with Gasteiger partial charge in [-0.2, -0.15) is 0 Å². The van der Waals surface area contributed by atoms with Gasteiger partial charge in [0, 0.05) is 16.0 Å². The topological polar surface area (TPSA) is 51.2 Å². The summed E-state index contributed by atoms with van der Waals surface area (Å²) < 4.78 is 5.65. The lowest BCUT2D eigenvalue weighted by Gasteiger charge is -2.15. The smallest absolute Gasteiger partial charge is 0.251 e. The van der Waals surface area contributed by atoms with Gasteiger partial charge in [-0.25, -0.2) is 4.98 Å². The van der Waals surface area contributed by atoms with Crippen LogP contribution in [-0.4, -0.2) is 10.9 Å². The number of carbonyl (C=O) groups excluding carboxylic acids is 1. The molecule has 3 rings (SSSR count). The molecule has 3 aromatic rings. The Balaban J connectivity index is 1.58. The number of halogens is 1. The molecule has 0 aliphatic rings. The second kappa shape index (κ2) is 8.14. The monoisotopic (exact) mass is 372 g/mol. The summed E-state index contributed by atoms with van der Waals surface area (Å²) in [5.41, 5.74) is 4.20. The van der Waals surface area contributed by atoms with Crippen LogP contribution in [0.25, 0.3) is 0 Å². The largest absolute Gasteiger partial charge is 0.487 e. The van der Waals surface area contributed by atoms with E-state index in [2.05, 4.69) is 10.3 Å². The van der Waals surface area contributed by atoms with E-state index in [1.54, 1.807) is 29.8 Å². The van der Waals surface area contributed by atoms with Crippen molar-refractivity contribution < 1.29 is 9.53 Å². The average molecular weight is 373 g/mol. The third-order valence-corrected chi connectivity index (χ3v) is 4.55. The number of nitrogens with one attached hydrogen (secondary N) is 1. The van der Waals surface area contributed by atoms with Gasteiger partial charge in [0.25, 0.3) is 5.91 Å². The van der Waals surface area contributed by atoms with Gasteiger partial charge in [-0.1, -0.05) is 23.7 Å². The highest BCUT2D eigenvalue weighted by Gasteiger charge is 2.12. The fourth-order valence-electron chi connectivity index (χ4n) is 2.31. The van der Waals surface area contributed by atoms with Gasteiger partial charge in [-0.3, -0.25) is 4.79 Å². The van der Waals surface area contributed by atoms with E-state index in [1.165, 1.54) is 11.3 Å². The summed E-state index contributed by atoms with van der Waals surface area (Å²) in [6, 6.07) is 14.4. The van der Waals surface area contributed by atoms with E-state index < -0.39 is 0 Å². The van der Waals surface area contributed by atoms with Crippen LogP contribution in [-0.2, 0) is 6.61 Å². The first kappa shape index (κ1) is 17.5. The molecule has 6 heteroatoms. The number of thiazole rings is 1. The van der Waals surface area contributed by atoms with E-state index in [4.69, 9.17) is 16.3 Å². The van der Waals surface area contributed by atoms with Crippen LogP contribution in [0.2, 0.25) is 5.02 Å². The van der Waals surface area contributed by atoms with Crippen LogP contribution in [0.4, 0.5) is 0 Å². The lowest BCUT2D eigenvalue weighted by Crippen LogP contribution is -2.26. The van der Waals surface area contributed by atoms with Crippen molar-refractivity contribution in [1.82, 2.24) is 10.3 Å². The van der Waals surface area contributed by atoms with E-state index in [9.17, 15) is 4.79 Å².